The Bertz CT molecular complexity index is 183. The van der Waals surface area contributed by atoms with Crippen molar-refractivity contribution in [1.82, 2.24) is 0 Å². The summed E-state index contributed by atoms with van der Waals surface area (Å²) >= 11 is 0. The number of methoxy groups -OCH3 is 1. The zero-order chi connectivity index (χ0) is 9.03. The minimum absolute atomic E-state index is 0.192. The normalized spacial score (nSPS) is 35.9. The lowest BCUT2D eigenvalue weighted by Gasteiger charge is -2.34. The van der Waals surface area contributed by atoms with Crippen LogP contribution in [0.5, 0.6) is 0 Å². The van der Waals surface area contributed by atoms with E-state index in [0.29, 0.717) is 12.8 Å². The first-order valence-electron chi connectivity index (χ1n) is 4.39. The number of terminal acetylenes is 1. The zero-order valence-electron chi connectivity index (χ0n) is 7.55. The number of hydrogen-bond acceptors (Lipinski definition) is 2. The summed E-state index contributed by atoms with van der Waals surface area (Å²) in [4.78, 5) is 0. The van der Waals surface area contributed by atoms with E-state index >= 15 is 0 Å². The van der Waals surface area contributed by atoms with Crippen LogP contribution >= 0.6 is 0 Å². The van der Waals surface area contributed by atoms with E-state index in [1.54, 1.807) is 7.11 Å². The molecule has 1 aliphatic carbocycles. The van der Waals surface area contributed by atoms with Crippen LogP contribution in [-0.2, 0) is 4.74 Å². The predicted molar refractivity (Wildman–Crippen MR) is 47.7 cm³/mol. The molecule has 1 saturated carbocycles. The second kappa shape index (κ2) is 3.93. The summed E-state index contributed by atoms with van der Waals surface area (Å²) in [7, 11) is 1.69. The molecule has 0 aromatic carbocycles. The van der Waals surface area contributed by atoms with E-state index in [-0.39, 0.29) is 6.10 Å². The summed E-state index contributed by atoms with van der Waals surface area (Å²) in [6.45, 7) is 0. The SMILES string of the molecule is C#CCC1(O)CCCC(OC)C1. The maximum Gasteiger partial charge on any atom is 0.0781 e. The van der Waals surface area contributed by atoms with Gasteiger partial charge in [0.05, 0.1) is 11.7 Å². The molecule has 12 heavy (non-hydrogen) atoms. The van der Waals surface area contributed by atoms with Crippen LogP contribution < -0.4 is 0 Å². The predicted octanol–water partition coefficient (Wildman–Crippen LogP) is 1.33. The highest BCUT2D eigenvalue weighted by atomic mass is 16.5. The fraction of sp³-hybridized carbons (Fsp3) is 0.800. The Morgan fingerprint density at radius 1 is 1.75 bits per heavy atom. The van der Waals surface area contributed by atoms with Crippen LogP contribution in [0.15, 0.2) is 0 Å². The van der Waals surface area contributed by atoms with Gasteiger partial charge in [-0.05, 0) is 19.3 Å². The minimum atomic E-state index is -0.659. The standard InChI is InChI=1S/C10H16O2/c1-3-6-10(11)7-4-5-9(8-10)12-2/h1,9,11H,4-8H2,2H3. The quantitative estimate of drug-likeness (QED) is 0.630. The average molecular weight is 168 g/mol. The van der Waals surface area contributed by atoms with Gasteiger partial charge in [0.2, 0.25) is 0 Å². The lowest BCUT2D eigenvalue weighted by Crippen LogP contribution is -2.37. The van der Waals surface area contributed by atoms with Crippen molar-refractivity contribution in [2.45, 2.75) is 43.8 Å². The molecule has 0 aromatic heterocycles. The van der Waals surface area contributed by atoms with Gasteiger partial charge in [0.15, 0.2) is 0 Å². The summed E-state index contributed by atoms with van der Waals surface area (Å²) in [6.07, 6.45) is 9.38. The van der Waals surface area contributed by atoms with E-state index in [1.165, 1.54) is 0 Å². The third-order valence-corrected chi connectivity index (χ3v) is 2.54. The molecule has 68 valence electrons. The summed E-state index contributed by atoms with van der Waals surface area (Å²) in [5.41, 5.74) is -0.659. The molecule has 0 bridgehead atoms. The number of rotatable bonds is 2. The Balaban J connectivity index is 2.49. The molecule has 2 nitrogen and oxygen atoms in total. The van der Waals surface area contributed by atoms with E-state index in [1.807, 2.05) is 0 Å². The Hall–Kier alpha value is -0.520. The van der Waals surface area contributed by atoms with Gasteiger partial charge in [-0.15, -0.1) is 12.3 Å². The van der Waals surface area contributed by atoms with Crippen LogP contribution in [0.25, 0.3) is 0 Å². The molecular formula is C10H16O2. The molecular weight excluding hydrogens is 152 g/mol. The Labute approximate surface area is 73.9 Å². The zero-order valence-corrected chi connectivity index (χ0v) is 7.55. The third kappa shape index (κ3) is 2.23. The minimum Gasteiger partial charge on any atom is -0.389 e. The van der Waals surface area contributed by atoms with E-state index in [4.69, 9.17) is 11.2 Å². The van der Waals surface area contributed by atoms with Gasteiger partial charge in [-0.2, -0.15) is 0 Å². The fourth-order valence-corrected chi connectivity index (χ4v) is 1.84. The third-order valence-electron chi connectivity index (χ3n) is 2.54. The molecule has 0 amide bonds. The topological polar surface area (TPSA) is 29.5 Å². The first-order valence-corrected chi connectivity index (χ1v) is 4.39. The molecule has 0 radical (unpaired) electrons. The molecule has 1 aliphatic rings. The van der Waals surface area contributed by atoms with Crippen molar-refractivity contribution >= 4 is 0 Å². The van der Waals surface area contributed by atoms with Gasteiger partial charge in [-0.1, -0.05) is 0 Å². The first-order chi connectivity index (χ1) is 5.70. The lowest BCUT2D eigenvalue weighted by atomic mass is 9.81. The summed E-state index contributed by atoms with van der Waals surface area (Å²) in [5.74, 6) is 2.52. The molecule has 2 heteroatoms. The van der Waals surface area contributed by atoms with Crippen molar-refractivity contribution in [3.63, 3.8) is 0 Å². The van der Waals surface area contributed by atoms with Crippen molar-refractivity contribution in [2.24, 2.45) is 0 Å². The van der Waals surface area contributed by atoms with Gasteiger partial charge in [0.25, 0.3) is 0 Å². The highest BCUT2D eigenvalue weighted by molar-refractivity contribution is 4.98. The molecule has 2 atom stereocenters. The van der Waals surface area contributed by atoms with E-state index in [0.717, 1.165) is 19.3 Å². The Morgan fingerprint density at radius 2 is 2.50 bits per heavy atom. The van der Waals surface area contributed by atoms with E-state index < -0.39 is 5.60 Å². The van der Waals surface area contributed by atoms with E-state index in [2.05, 4.69) is 5.92 Å². The smallest absolute Gasteiger partial charge is 0.0781 e. The number of ether oxygens (including phenoxy) is 1. The maximum absolute atomic E-state index is 9.95. The second-order valence-electron chi connectivity index (χ2n) is 3.56. The van der Waals surface area contributed by atoms with Crippen LogP contribution in [-0.4, -0.2) is 23.9 Å². The molecule has 1 fully saturated rings. The molecule has 1 N–H and O–H groups in total. The summed E-state index contributed by atoms with van der Waals surface area (Å²) < 4.78 is 5.20. The molecule has 0 heterocycles. The molecule has 1 rings (SSSR count). The molecule has 0 spiro atoms. The van der Waals surface area contributed by atoms with Crippen LogP contribution in [0.3, 0.4) is 0 Å². The number of hydrogen-bond donors (Lipinski definition) is 1. The summed E-state index contributed by atoms with van der Waals surface area (Å²) in [6, 6.07) is 0. The fourth-order valence-electron chi connectivity index (χ4n) is 1.84. The molecule has 0 aromatic rings. The monoisotopic (exact) mass is 168 g/mol. The van der Waals surface area contributed by atoms with Crippen LogP contribution in [0, 0.1) is 12.3 Å². The van der Waals surface area contributed by atoms with Crippen molar-refractivity contribution in [1.29, 1.82) is 0 Å². The van der Waals surface area contributed by atoms with Gasteiger partial charge in [-0.25, -0.2) is 0 Å². The van der Waals surface area contributed by atoms with Gasteiger partial charge in [0, 0.05) is 20.0 Å². The van der Waals surface area contributed by atoms with Crippen molar-refractivity contribution < 1.29 is 9.84 Å². The van der Waals surface area contributed by atoms with Crippen molar-refractivity contribution in [2.75, 3.05) is 7.11 Å². The van der Waals surface area contributed by atoms with Gasteiger partial charge < -0.3 is 9.84 Å². The molecule has 0 aliphatic heterocycles. The molecule has 0 saturated heterocycles. The Kier molecular flexibility index (Phi) is 3.13. The largest absolute Gasteiger partial charge is 0.389 e. The van der Waals surface area contributed by atoms with Crippen LogP contribution in [0.2, 0.25) is 0 Å². The Morgan fingerprint density at radius 3 is 3.08 bits per heavy atom. The number of aliphatic hydroxyl groups is 1. The highest BCUT2D eigenvalue weighted by Crippen LogP contribution is 2.31. The highest BCUT2D eigenvalue weighted by Gasteiger charge is 2.33. The maximum atomic E-state index is 9.95. The summed E-state index contributed by atoms with van der Waals surface area (Å²) in [5, 5.41) is 9.95. The van der Waals surface area contributed by atoms with Crippen LogP contribution in [0.4, 0.5) is 0 Å². The van der Waals surface area contributed by atoms with Crippen LogP contribution in [0.1, 0.15) is 32.1 Å². The van der Waals surface area contributed by atoms with Crippen molar-refractivity contribution in [3.8, 4) is 12.3 Å². The van der Waals surface area contributed by atoms with Gasteiger partial charge in [0.1, 0.15) is 0 Å². The average Bonchev–Trinajstić information content (AvgIpc) is 2.04. The first kappa shape index (κ1) is 9.57. The van der Waals surface area contributed by atoms with Gasteiger partial charge >= 0.3 is 0 Å². The molecule has 2 unspecified atom stereocenters. The lowest BCUT2D eigenvalue weighted by molar-refractivity contribution is -0.0553. The van der Waals surface area contributed by atoms with Crippen molar-refractivity contribution in [3.05, 3.63) is 0 Å². The second-order valence-corrected chi connectivity index (χ2v) is 3.56. The van der Waals surface area contributed by atoms with E-state index in [9.17, 15) is 5.11 Å². The van der Waals surface area contributed by atoms with Gasteiger partial charge in [-0.3, -0.25) is 0 Å².